The normalized spacial score (nSPS) is 10.5. The highest BCUT2D eigenvalue weighted by atomic mass is 35.5. The molecule has 23 heavy (non-hydrogen) atoms. The van der Waals surface area contributed by atoms with E-state index in [0.29, 0.717) is 5.02 Å². The first-order valence-electron chi connectivity index (χ1n) is 6.79. The molecule has 0 amide bonds. The van der Waals surface area contributed by atoms with Gasteiger partial charge in [-0.25, -0.2) is 4.68 Å². The molecule has 3 aromatic rings. The van der Waals surface area contributed by atoms with Crippen LogP contribution < -0.4 is 4.74 Å². The van der Waals surface area contributed by atoms with Gasteiger partial charge in [0, 0.05) is 22.8 Å². The Bertz CT molecular complexity index is 834. The van der Waals surface area contributed by atoms with Crippen molar-refractivity contribution in [1.82, 2.24) is 9.78 Å². The highest BCUT2D eigenvalue weighted by Crippen LogP contribution is 2.30. The van der Waals surface area contributed by atoms with Crippen LogP contribution >= 0.6 is 11.6 Å². The fourth-order valence-corrected chi connectivity index (χ4v) is 2.24. The first kappa shape index (κ1) is 15.1. The zero-order valence-electron chi connectivity index (χ0n) is 11.9. The van der Waals surface area contributed by atoms with Gasteiger partial charge in [-0.3, -0.25) is 10.1 Å². The summed E-state index contributed by atoms with van der Waals surface area (Å²) < 4.78 is 7.25. The van der Waals surface area contributed by atoms with Crippen molar-refractivity contribution in [2.45, 2.75) is 6.61 Å². The third-order valence-electron chi connectivity index (χ3n) is 3.17. The summed E-state index contributed by atoms with van der Waals surface area (Å²) in [6, 6.07) is 13.9. The Morgan fingerprint density at radius 1 is 1.22 bits per heavy atom. The van der Waals surface area contributed by atoms with Gasteiger partial charge >= 0.3 is 5.69 Å². The number of benzene rings is 2. The molecule has 0 saturated carbocycles. The first-order chi connectivity index (χ1) is 11.1. The van der Waals surface area contributed by atoms with Crippen LogP contribution in [-0.4, -0.2) is 14.7 Å². The molecule has 0 saturated heterocycles. The van der Waals surface area contributed by atoms with Crippen LogP contribution in [0.1, 0.15) is 5.56 Å². The second kappa shape index (κ2) is 6.50. The minimum atomic E-state index is -0.519. The van der Waals surface area contributed by atoms with E-state index in [4.69, 9.17) is 16.3 Å². The second-order valence-electron chi connectivity index (χ2n) is 4.79. The average molecular weight is 330 g/mol. The van der Waals surface area contributed by atoms with Crippen molar-refractivity contribution in [3.63, 3.8) is 0 Å². The standard InChI is InChI=1S/C16H12ClN3O3/c17-13-6-7-16(15(8-13)20(21)22)23-11-12-9-18-19(10-12)14-4-2-1-3-5-14/h1-10H,11H2. The molecule has 1 aromatic heterocycles. The Hall–Kier alpha value is -2.86. The summed E-state index contributed by atoms with van der Waals surface area (Å²) in [4.78, 5) is 10.5. The van der Waals surface area contributed by atoms with Crippen LogP contribution in [0.3, 0.4) is 0 Å². The highest BCUT2D eigenvalue weighted by molar-refractivity contribution is 6.30. The lowest BCUT2D eigenvalue weighted by Gasteiger charge is -2.05. The minimum Gasteiger partial charge on any atom is -0.482 e. The largest absolute Gasteiger partial charge is 0.482 e. The van der Waals surface area contributed by atoms with Crippen LogP contribution in [-0.2, 0) is 6.61 Å². The summed E-state index contributed by atoms with van der Waals surface area (Å²) in [7, 11) is 0. The smallest absolute Gasteiger partial charge is 0.312 e. The number of rotatable bonds is 5. The van der Waals surface area contributed by atoms with Crippen molar-refractivity contribution < 1.29 is 9.66 Å². The van der Waals surface area contributed by atoms with Crippen LogP contribution in [0.15, 0.2) is 60.9 Å². The Balaban J connectivity index is 1.75. The molecule has 7 heteroatoms. The molecule has 0 aliphatic carbocycles. The van der Waals surface area contributed by atoms with E-state index >= 15 is 0 Å². The molecule has 0 N–H and O–H groups in total. The van der Waals surface area contributed by atoms with Crippen molar-refractivity contribution in [1.29, 1.82) is 0 Å². The number of ether oxygens (including phenoxy) is 1. The molecule has 116 valence electrons. The minimum absolute atomic E-state index is 0.159. The van der Waals surface area contributed by atoms with Crippen molar-refractivity contribution in [2.75, 3.05) is 0 Å². The van der Waals surface area contributed by atoms with Gasteiger partial charge < -0.3 is 4.74 Å². The Labute approximate surface area is 137 Å². The molecule has 0 spiro atoms. The topological polar surface area (TPSA) is 70.2 Å². The number of hydrogen-bond donors (Lipinski definition) is 0. The SMILES string of the molecule is O=[N+]([O-])c1cc(Cl)ccc1OCc1cnn(-c2ccccc2)c1. The van der Waals surface area contributed by atoms with Crippen molar-refractivity contribution >= 4 is 17.3 Å². The molecule has 1 heterocycles. The fourth-order valence-electron chi connectivity index (χ4n) is 2.07. The van der Waals surface area contributed by atoms with Crippen molar-refractivity contribution in [3.05, 3.63) is 81.6 Å². The third kappa shape index (κ3) is 3.49. The lowest BCUT2D eigenvalue weighted by Crippen LogP contribution is -1.98. The van der Waals surface area contributed by atoms with Crippen molar-refractivity contribution in [3.8, 4) is 11.4 Å². The Kier molecular flexibility index (Phi) is 4.25. The molecule has 6 nitrogen and oxygen atoms in total. The van der Waals surface area contributed by atoms with E-state index < -0.39 is 4.92 Å². The maximum absolute atomic E-state index is 11.0. The number of nitrogens with zero attached hydrogens (tertiary/aromatic N) is 3. The quantitative estimate of drug-likeness (QED) is 0.523. The summed E-state index contributed by atoms with van der Waals surface area (Å²) in [5.41, 5.74) is 1.57. The molecule has 2 aromatic carbocycles. The molecule has 0 atom stereocenters. The molecule has 0 radical (unpaired) electrons. The number of hydrogen-bond acceptors (Lipinski definition) is 4. The van der Waals surface area contributed by atoms with Gasteiger partial charge in [-0.05, 0) is 24.3 Å². The molecule has 0 fully saturated rings. The number of halogens is 1. The van der Waals surface area contributed by atoms with Crippen molar-refractivity contribution in [2.24, 2.45) is 0 Å². The Morgan fingerprint density at radius 2 is 2.00 bits per heavy atom. The van der Waals surface area contributed by atoms with Gasteiger partial charge in [-0.1, -0.05) is 29.8 Å². The zero-order chi connectivity index (χ0) is 16.2. The van der Waals surface area contributed by atoms with Gasteiger partial charge in [0.2, 0.25) is 0 Å². The highest BCUT2D eigenvalue weighted by Gasteiger charge is 2.16. The first-order valence-corrected chi connectivity index (χ1v) is 7.17. The van der Waals surface area contributed by atoms with Gasteiger partial charge in [0.15, 0.2) is 5.75 Å². The Morgan fingerprint density at radius 3 is 2.74 bits per heavy atom. The van der Waals surface area contributed by atoms with Gasteiger partial charge in [-0.2, -0.15) is 5.10 Å². The molecule has 0 aliphatic rings. The third-order valence-corrected chi connectivity index (χ3v) is 3.40. The molecule has 3 rings (SSSR count). The van der Waals surface area contributed by atoms with Crippen LogP contribution in [0.25, 0.3) is 5.69 Å². The van der Waals surface area contributed by atoms with Gasteiger partial charge in [0.1, 0.15) is 6.61 Å². The maximum Gasteiger partial charge on any atom is 0.312 e. The van der Waals surface area contributed by atoms with Crippen LogP contribution in [0.2, 0.25) is 5.02 Å². The average Bonchev–Trinajstić information content (AvgIpc) is 3.03. The predicted molar refractivity (Wildman–Crippen MR) is 86.0 cm³/mol. The molecular formula is C16H12ClN3O3. The van der Waals surface area contributed by atoms with E-state index in [9.17, 15) is 10.1 Å². The van der Waals surface area contributed by atoms with E-state index in [0.717, 1.165) is 11.3 Å². The predicted octanol–water partition coefficient (Wildman–Crippen LogP) is 4.01. The summed E-state index contributed by atoms with van der Waals surface area (Å²) in [6.45, 7) is 0.176. The number of aromatic nitrogens is 2. The van der Waals surface area contributed by atoms with Crippen LogP contribution in [0.4, 0.5) is 5.69 Å². The summed E-state index contributed by atoms with van der Waals surface area (Å²) in [5.74, 6) is 0.173. The molecule has 0 unspecified atom stereocenters. The summed E-state index contributed by atoms with van der Waals surface area (Å²) in [6.07, 6.45) is 3.48. The van der Waals surface area contributed by atoms with E-state index in [-0.39, 0.29) is 18.0 Å². The molecule has 0 aliphatic heterocycles. The summed E-state index contributed by atoms with van der Waals surface area (Å²) >= 11 is 5.78. The van der Waals surface area contributed by atoms with Gasteiger partial charge in [0.25, 0.3) is 0 Å². The van der Waals surface area contributed by atoms with E-state index in [1.54, 1.807) is 16.9 Å². The number of para-hydroxylation sites is 1. The lowest BCUT2D eigenvalue weighted by molar-refractivity contribution is -0.385. The van der Waals surface area contributed by atoms with Crippen LogP contribution in [0, 0.1) is 10.1 Å². The summed E-state index contributed by atoms with van der Waals surface area (Å²) in [5, 5.41) is 15.6. The molecular weight excluding hydrogens is 318 g/mol. The number of nitro groups is 1. The lowest BCUT2D eigenvalue weighted by atomic mass is 10.3. The fraction of sp³-hybridized carbons (Fsp3) is 0.0625. The van der Waals surface area contributed by atoms with E-state index in [1.807, 2.05) is 36.5 Å². The second-order valence-corrected chi connectivity index (χ2v) is 5.22. The van der Waals surface area contributed by atoms with Gasteiger partial charge in [-0.15, -0.1) is 0 Å². The van der Waals surface area contributed by atoms with Crippen LogP contribution in [0.5, 0.6) is 5.75 Å². The monoisotopic (exact) mass is 329 g/mol. The van der Waals surface area contributed by atoms with Gasteiger partial charge in [0.05, 0.1) is 16.8 Å². The molecule has 0 bridgehead atoms. The number of nitro benzene ring substituents is 1. The van der Waals surface area contributed by atoms with E-state index in [2.05, 4.69) is 5.10 Å². The van der Waals surface area contributed by atoms with E-state index in [1.165, 1.54) is 12.1 Å². The maximum atomic E-state index is 11.0. The zero-order valence-corrected chi connectivity index (χ0v) is 12.7.